The summed E-state index contributed by atoms with van der Waals surface area (Å²) in [6.07, 6.45) is 0. The minimum atomic E-state index is -0.714. The van der Waals surface area contributed by atoms with Gasteiger partial charge in [-0.15, -0.1) is 16.4 Å². The van der Waals surface area contributed by atoms with E-state index in [0.29, 0.717) is 5.82 Å². The highest BCUT2D eigenvalue weighted by Crippen LogP contribution is 2.25. The number of hydrogen-bond acceptors (Lipinski definition) is 6. The Kier molecular flexibility index (Phi) is 3.94. The molecule has 0 aliphatic carbocycles. The van der Waals surface area contributed by atoms with Crippen LogP contribution in [-0.2, 0) is 4.74 Å². The smallest absolute Gasteiger partial charge is 0.379 e. The molecule has 7 heteroatoms. The molecule has 3 aromatic rings. The number of rotatable bonds is 4. The highest BCUT2D eigenvalue weighted by Gasteiger charge is 2.20. The number of carbonyl (C=O) groups is 1. The first-order chi connectivity index (χ1) is 10.8. The second kappa shape index (κ2) is 6.20. The molecule has 0 fully saturated rings. The summed E-state index contributed by atoms with van der Waals surface area (Å²) < 4.78 is 6.36. The van der Waals surface area contributed by atoms with Crippen LogP contribution in [-0.4, -0.2) is 27.3 Å². The van der Waals surface area contributed by atoms with Crippen molar-refractivity contribution >= 4 is 17.3 Å². The molecule has 6 nitrogen and oxygen atoms in total. The van der Waals surface area contributed by atoms with Crippen LogP contribution in [0.2, 0.25) is 0 Å². The van der Waals surface area contributed by atoms with E-state index in [1.54, 1.807) is 10.8 Å². The second-order valence-corrected chi connectivity index (χ2v) is 5.17. The fourth-order valence-electron chi connectivity index (χ4n) is 1.88. The van der Waals surface area contributed by atoms with Gasteiger partial charge in [0.05, 0.1) is 10.6 Å². The average molecular weight is 310 g/mol. The zero-order valence-electron chi connectivity index (χ0n) is 11.3. The minimum Gasteiger partial charge on any atom is -0.444 e. The van der Waals surface area contributed by atoms with Crippen LogP contribution in [0.3, 0.4) is 0 Å². The molecule has 0 saturated heterocycles. The van der Waals surface area contributed by atoms with Crippen molar-refractivity contribution in [3.05, 3.63) is 53.7 Å². The lowest BCUT2D eigenvalue weighted by molar-refractivity contribution is 0.0541. The number of benzene rings is 1. The molecule has 108 valence electrons. The molecule has 22 heavy (non-hydrogen) atoms. The number of thiophene rings is 1. The molecule has 2 aromatic heterocycles. The van der Waals surface area contributed by atoms with Crippen LogP contribution in [0.1, 0.15) is 10.6 Å². The van der Waals surface area contributed by atoms with E-state index >= 15 is 0 Å². The third-order valence-corrected chi connectivity index (χ3v) is 3.67. The normalized spacial score (nSPS) is 10.1. The molecule has 0 saturated carbocycles. The molecule has 0 radical (unpaired) electrons. The van der Waals surface area contributed by atoms with E-state index in [2.05, 4.69) is 10.1 Å². The summed E-state index contributed by atoms with van der Waals surface area (Å²) in [6.45, 7) is -0.326. The molecular weight excluding hydrogens is 300 g/mol. The number of nitrogens with zero attached hydrogens (tertiary/aromatic N) is 4. The Morgan fingerprint density at radius 3 is 2.77 bits per heavy atom. The van der Waals surface area contributed by atoms with E-state index in [1.807, 2.05) is 47.8 Å². The van der Waals surface area contributed by atoms with Gasteiger partial charge in [-0.1, -0.05) is 24.3 Å². The topological polar surface area (TPSA) is 80.8 Å². The Hall–Kier alpha value is -2.98. The Labute approximate surface area is 130 Å². The predicted octanol–water partition coefficient (Wildman–Crippen LogP) is 2.68. The number of hydrogen-bond donors (Lipinski definition) is 0. The Morgan fingerprint density at radius 2 is 2.09 bits per heavy atom. The van der Waals surface area contributed by atoms with Crippen molar-refractivity contribution in [3.8, 4) is 22.5 Å². The quantitative estimate of drug-likeness (QED) is 0.692. The van der Waals surface area contributed by atoms with Crippen molar-refractivity contribution in [2.24, 2.45) is 0 Å². The fraction of sp³-hybridized carbons (Fsp3) is 0.0667. The number of para-hydroxylation sites is 1. The highest BCUT2D eigenvalue weighted by atomic mass is 32.1. The lowest BCUT2D eigenvalue weighted by Crippen LogP contribution is -2.08. The highest BCUT2D eigenvalue weighted by molar-refractivity contribution is 7.13. The van der Waals surface area contributed by atoms with Gasteiger partial charge in [-0.05, 0) is 23.6 Å². The second-order valence-electron chi connectivity index (χ2n) is 4.22. The van der Waals surface area contributed by atoms with Crippen LogP contribution in [0.4, 0.5) is 0 Å². The van der Waals surface area contributed by atoms with Crippen LogP contribution < -0.4 is 0 Å². The van der Waals surface area contributed by atoms with E-state index in [0.717, 1.165) is 10.6 Å². The average Bonchev–Trinajstić information content (AvgIpc) is 3.22. The standard InChI is InChI=1S/C15H10N4O2S/c16-8-9-21-15(20)13-17-14(12-7-4-10-22-12)19(18-13)11-5-2-1-3-6-11/h1-7,10H,9H2. The third-order valence-electron chi connectivity index (χ3n) is 2.80. The Balaban J connectivity index is 2.06. The third kappa shape index (κ3) is 2.73. The van der Waals surface area contributed by atoms with Gasteiger partial charge >= 0.3 is 5.97 Å². The van der Waals surface area contributed by atoms with Crippen molar-refractivity contribution < 1.29 is 9.53 Å². The molecule has 0 aliphatic rings. The van der Waals surface area contributed by atoms with Gasteiger partial charge in [0.15, 0.2) is 12.4 Å². The lowest BCUT2D eigenvalue weighted by Gasteiger charge is -2.03. The van der Waals surface area contributed by atoms with Gasteiger partial charge < -0.3 is 4.74 Å². The SMILES string of the molecule is N#CCOC(=O)c1nc(-c2cccs2)n(-c2ccccc2)n1. The van der Waals surface area contributed by atoms with E-state index in [1.165, 1.54) is 11.3 Å². The fourth-order valence-corrected chi connectivity index (χ4v) is 2.57. The first kappa shape index (κ1) is 14.0. The summed E-state index contributed by atoms with van der Waals surface area (Å²) in [4.78, 5) is 17.0. The molecule has 0 bridgehead atoms. The van der Waals surface area contributed by atoms with Crippen LogP contribution in [0.15, 0.2) is 47.8 Å². The van der Waals surface area contributed by atoms with Gasteiger partial charge in [-0.3, -0.25) is 0 Å². The Morgan fingerprint density at radius 1 is 1.27 bits per heavy atom. The van der Waals surface area contributed by atoms with E-state index in [9.17, 15) is 4.79 Å². The number of carbonyl (C=O) groups excluding carboxylic acids is 1. The number of aromatic nitrogens is 3. The molecule has 0 unspecified atom stereocenters. The van der Waals surface area contributed by atoms with E-state index < -0.39 is 5.97 Å². The van der Waals surface area contributed by atoms with Crippen molar-refractivity contribution in [2.45, 2.75) is 0 Å². The van der Waals surface area contributed by atoms with E-state index in [4.69, 9.17) is 10.00 Å². The van der Waals surface area contributed by atoms with Crippen LogP contribution in [0, 0.1) is 11.3 Å². The summed E-state index contributed by atoms with van der Waals surface area (Å²) in [7, 11) is 0. The Bertz CT molecular complexity index is 819. The van der Waals surface area contributed by atoms with E-state index in [-0.39, 0.29) is 12.4 Å². The zero-order chi connectivity index (χ0) is 15.4. The first-order valence-electron chi connectivity index (χ1n) is 6.40. The maximum Gasteiger partial charge on any atom is 0.379 e. The van der Waals surface area contributed by atoms with Crippen molar-refractivity contribution in [2.75, 3.05) is 6.61 Å². The number of esters is 1. The van der Waals surface area contributed by atoms with Gasteiger partial charge in [-0.2, -0.15) is 10.2 Å². The molecule has 0 spiro atoms. The van der Waals surface area contributed by atoms with Crippen molar-refractivity contribution in [3.63, 3.8) is 0 Å². The molecule has 3 rings (SSSR count). The molecular formula is C15H10N4O2S. The predicted molar refractivity (Wildman–Crippen MR) is 80.6 cm³/mol. The maximum atomic E-state index is 11.9. The maximum absolute atomic E-state index is 11.9. The zero-order valence-corrected chi connectivity index (χ0v) is 12.2. The van der Waals surface area contributed by atoms with Gasteiger partial charge in [0.25, 0.3) is 5.82 Å². The summed E-state index contributed by atoms with van der Waals surface area (Å²) in [5, 5.41) is 14.6. The first-order valence-corrected chi connectivity index (χ1v) is 7.28. The van der Waals surface area contributed by atoms with Crippen molar-refractivity contribution in [1.29, 1.82) is 5.26 Å². The van der Waals surface area contributed by atoms with Gasteiger partial charge in [0.1, 0.15) is 6.07 Å². The minimum absolute atomic E-state index is 0.0671. The van der Waals surface area contributed by atoms with Gasteiger partial charge in [-0.25, -0.2) is 9.48 Å². The van der Waals surface area contributed by atoms with Gasteiger partial charge in [0.2, 0.25) is 0 Å². The lowest BCUT2D eigenvalue weighted by atomic mass is 10.3. The van der Waals surface area contributed by atoms with Crippen molar-refractivity contribution in [1.82, 2.24) is 14.8 Å². The summed E-state index contributed by atoms with van der Waals surface area (Å²) in [5.41, 5.74) is 0.790. The largest absolute Gasteiger partial charge is 0.444 e. The molecule has 0 atom stereocenters. The van der Waals surface area contributed by atoms with Crippen LogP contribution in [0.25, 0.3) is 16.4 Å². The number of ether oxygens (including phenoxy) is 1. The number of nitriles is 1. The molecule has 1 aromatic carbocycles. The van der Waals surface area contributed by atoms with Crippen LogP contribution >= 0.6 is 11.3 Å². The monoisotopic (exact) mass is 310 g/mol. The summed E-state index contributed by atoms with van der Waals surface area (Å²) >= 11 is 1.50. The molecule has 0 amide bonds. The molecule has 0 N–H and O–H groups in total. The van der Waals surface area contributed by atoms with Crippen LogP contribution in [0.5, 0.6) is 0 Å². The summed E-state index contributed by atoms with van der Waals surface area (Å²) in [6, 6.07) is 14.9. The molecule has 0 aliphatic heterocycles. The van der Waals surface area contributed by atoms with Gasteiger partial charge in [0, 0.05) is 0 Å². The summed E-state index contributed by atoms with van der Waals surface area (Å²) in [5.74, 6) is -0.221. The molecule has 2 heterocycles.